The van der Waals surface area contributed by atoms with Crippen molar-refractivity contribution < 1.29 is 14.0 Å². The highest BCUT2D eigenvalue weighted by Gasteiger charge is 2.34. The predicted octanol–water partition coefficient (Wildman–Crippen LogP) is 4.12. The van der Waals surface area contributed by atoms with Crippen LogP contribution in [0.1, 0.15) is 55.2 Å². The molecule has 0 aliphatic carbocycles. The summed E-state index contributed by atoms with van der Waals surface area (Å²) in [6.45, 7) is 13.9. The minimum Gasteiger partial charge on any atom is -0.366 e. The van der Waals surface area contributed by atoms with Gasteiger partial charge in [-0.05, 0) is 56.5 Å². The fourth-order valence-corrected chi connectivity index (χ4v) is 5.75. The normalized spacial score (nSPS) is 17.0. The molecule has 2 amide bonds. The van der Waals surface area contributed by atoms with Crippen LogP contribution in [0.5, 0.6) is 0 Å². The molecule has 1 aliphatic rings. The van der Waals surface area contributed by atoms with Crippen LogP contribution in [0, 0.1) is 12.7 Å². The van der Waals surface area contributed by atoms with E-state index in [1.165, 1.54) is 22.8 Å². The van der Waals surface area contributed by atoms with E-state index in [0.29, 0.717) is 29.9 Å². The summed E-state index contributed by atoms with van der Waals surface area (Å²) in [6.07, 6.45) is 2.96. The van der Waals surface area contributed by atoms with E-state index in [1.54, 1.807) is 35.4 Å². The largest absolute Gasteiger partial charge is 0.366 e. The molecular formula is C32H34FN7O3. The van der Waals surface area contributed by atoms with Gasteiger partial charge in [0.05, 0.1) is 16.8 Å². The maximum Gasteiger partial charge on any atom is 0.355 e. The number of halogens is 1. The van der Waals surface area contributed by atoms with Crippen molar-refractivity contribution in [2.75, 3.05) is 18.0 Å². The van der Waals surface area contributed by atoms with Crippen LogP contribution in [0.25, 0.3) is 28.0 Å². The van der Waals surface area contributed by atoms with Gasteiger partial charge in [0, 0.05) is 42.5 Å². The van der Waals surface area contributed by atoms with Crippen molar-refractivity contribution in [1.82, 2.24) is 24.4 Å². The Kier molecular flexibility index (Phi) is 7.83. The number of nitrogens with two attached hydrogens (primary N) is 1. The number of amides is 2. The lowest BCUT2D eigenvalue weighted by molar-refractivity contribution is -0.128. The maximum atomic E-state index is 16.1. The summed E-state index contributed by atoms with van der Waals surface area (Å²) in [5, 5.41) is 0.304. The van der Waals surface area contributed by atoms with Gasteiger partial charge in [-0.25, -0.2) is 18.7 Å². The Morgan fingerprint density at radius 3 is 2.51 bits per heavy atom. The standard InChI is InChI=1S/C32H34FN7O3/c1-7-25(41)38-15-20(6)39(16-19(38)5)30-23-14-24(33)27(21-10-8-9-11-22(21)29(34)42)36-31(23)40(32(43)37-30)28-18(4)12-13-35-26(28)17(2)3/h7-14,17,19-20H,1,15-16H2,2-6H3,(H2,34,42)/t19-,20+/m1/s1. The zero-order valence-electron chi connectivity index (χ0n) is 24.8. The third-order valence-corrected chi connectivity index (χ3v) is 7.89. The Labute approximate surface area is 248 Å². The van der Waals surface area contributed by atoms with E-state index in [4.69, 9.17) is 10.7 Å². The number of fused-ring (bicyclic) bond motifs is 1. The molecule has 222 valence electrons. The van der Waals surface area contributed by atoms with E-state index in [0.717, 1.165) is 5.56 Å². The Bertz CT molecular complexity index is 1830. The molecule has 0 unspecified atom stereocenters. The monoisotopic (exact) mass is 583 g/mol. The van der Waals surface area contributed by atoms with Crippen LogP contribution in [0.3, 0.4) is 0 Å². The van der Waals surface area contributed by atoms with Gasteiger partial charge in [-0.15, -0.1) is 0 Å². The highest BCUT2D eigenvalue weighted by Crippen LogP contribution is 2.34. The van der Waals surface area contributed by atoms with E-state index in [2.05, 4.69) is 16.5 Å². The van der Waals surface area contributed by atoms with E-state index >= 15 is 4.39 Å². The molecule has 1 fully saturated rings. The Hall–Kier alpha value is -4.93. The molecule has 1 aliphatic heterocycles. The summed E-state index contributed by atoms with van der Waals surface area (Å²) < 4.78 is 17.5. The second-order valence-electron chi connectivity index (χ2n) is 11.2. The van der Waals surface area contributed by atoms with Crippen LogP contribution in [0.15, 0.2) is 60.0 Å². The van der Waals surface area contributed by atoms with Crippen LogP contribution in [0.4, 0.5) is 10.2 Å². The number of carbonyl (C=O) groups is 2. The quantitative estimate of drug-likeness (QED) is 0.338. The van der Waals surface area contributed by atoms with E-state index < -0.39 is 17.4 Å². The third kappa shape index (κ3) is 5.15. The van der Waals surface area contributed by atoms with Gasteiger partial charge in [0.2, 0.25) is 11.8 Å². The number of carbonyl (C=O) groups excluding carboxylic acids is 2. The van der Waals surface area contributed by atoms with Crippen LogP contribution in [-0.2, 0) is 4.79 Å². The Morgan fingerprint density at radius 2 is 1.84 bits per heavy atom. The lowest BCUT2D eigenvalue weighted by Gasteiger charge is -2.44. The first-order valence-corrected chi connectivity index (χ1v) is 14.1. The molecule has 5 rings (SSSR count). The van der Waals surface area contributed by atoms with Crippen molar-refractivity contribution in [1.29, 1.82) is 0 Å². The number of nitrogens with zero attached hydrogens (tertiary/aromatic N) is 6. The average molecular weight is 584 g/mol. The van der Waals surface area contributed by atoms with Gasteiger partial charge in [0.15, 0.2) is 5.65 Å². The Balaban J connectivity index is 1.85. The van der Waals surface area contributed by atoms with Crippen molar-refractivity contribution in [2.24, 2.45) is 5.73 Å². The molecule has 3 aromatic heterocycles. The third-order valence-electron chi connectivity index (χ3n) is 7.89. The number of hydrogen-bond donors (Lipinski definition) is 1. The topological polar surface area (TPSA) is 127 Å². The lowest BCUT2D eigenvalue weighted by Crippen LogP contribution is -2.58. The zero-order chi connectivity index (χ0) is 31.2. The summed E-state index contributed by atoms with van der Waals surface area (Å²) in [6, 6.07) is 8.97. The molecule has 0 spiro atoms. The summed E-state index contributed by atoms with van der Waals surface area (Å²) >= 11 is 0. The molecular weight excluding hydrogens is 549 g/mol. The second-order valence-corrected chi connectivity index (χ2v) is 11.2. The molecule has 4 aromatic rings. The smallest absolute Gasteiger partial charge is 0.355 e. The van der Waals surface area contributed by atoms with Gasteiger partial charge >= 0.3 is 5.69 Å². The van der Waals surface area contributed by atoms with Crippen LogP contribution in [-0.4, -0.2) is 61.4 Å². The fraction of sp³-hybridized carbons (Fsp3) is 0.312. The van der Waals surface area contributed by atoms with E-state index in [9.17, 15) is 14.4 Å². The molecule has 0 saturated carbocycles. The first kappa shape index (κ1) is 29.6. The van der Waals surface area contributed by atoms with Gasteiger partial charge in [-0.2, -0.15) is 4.98 Å². The summed E-state index contributed by atoms with van der Waals surface area (Å²) in [4.78, 5) is 56.2. The van der Waals surface area contributed by atoms with Gasteiger partial charge in [-0.1, -0.05) is 38.6 Å². The molecule has 2 atom stereocenters. The SMILES string of the molecule is C=CC(=O)N1C[C@H](C)N(c2nc(=O)n(-c3c(C)ccnc3C(C)C)c3nc(-c4ccccc4C(N)=O)c(F)cc23)C[C@H]1C. The van der Waals surface area contributed by atoms with Gasteiger partial charge in [0.25, 0.3) is 0 Å². The molecule has 4 heterocycles. The highest BCUT2D eigenvalue weighted by molar-refractivity contribution is 6.00. The highest BCUT2D eigenvalue weighted by atomic mass is 19.1. The number of anilines is 1. The van der Waals surface area contributed by atoms with Crippen molar-refractivity contribution >= 4 is 28.7 Å². The van der Waals surface area contributed by atoms with Crippen molar-refractivity contribution in [3.63, 3.8) is 0 Å². The lowest BCUT2D eigenvalue weighted by atomic mass is 10.0. The summed E-state index contributed by atoms with van der Waals surface area (Å²) in [7, 11) is 0. The summed E-state index contributed by atoms with van der Waals surface area (Å²) in [5.74, 6) is -1.42. The molecule has 1 aromatic carbocycles. The number of aryl methyl sites for hydroxylation is 1. The molecule has 11 heteroatoms. The molecule has 43 heavy (non-hydrogen) atoms. The van der Waals surface area contributed by atoms with Gasteiger partial charge in [0.1, 0.15) is 17.3 Å². The van der Waals surface area contributed by atoms with Crippen LogP contribution < -0.4 is 16.3 Å². The predicted molar refractivity (Wildman–Crippen MR) is 164 cm³/mol. The minimum atomic E-state index is -0.732. The van der Waals surface area contributed by atoms with Gasteiger partial charge < -0.3 is 15.5 Å². The number of pyridine rings is 2. The van der Waals surface area contributed by atoms with E-state index in [-0.39, 0.29) is 52.2 Å². The van der Waals surface area contributed by atoms with Crippen molar-refractivity contribution in [2.45, 2.75) is 52.6 Å². The average Bonchev–Trinajstić information content (AvgIpc) is 2.97. The number of primary amides is 1. The van der Waals surface area contributed by atoms with E-state index in [1.807, 2.05) is 39.5 Å². The molecule has 2 N–H and O–H groups in total. The number of aromatic nitrogens is 4. The minimum absolute atomic E-state index is 0.0524. The maximum absolute atomic E-state index is 16.1. The molecule has 0 radical (unpaired) electrons. The van der Waals surface area contributed by atoms with Crippen LogP contribution >= 0.6 is 0 Å². The van der Waals surface area contributed by atoms with Gasteiger partial charge in [-0.3, -0.25) is 14.6 Å². The fourth-order valence-electron chi connectivity index (χ4n) is 5.75. The molecule has 1 saturated heterocycles. The van der Waals surface area contributed by atoms with Crippen molar-refractivity contribution in [3.05, 3.63) is 88.4 Å². The zero-order valence-corrected chi connectivity index (χ0v) is 24.8. The number of hydrogen-bond acceptors (Lipinski definition) is 7. The van der Waals surface area contributed by atoms with Crippen LogP contribution in [0.2, 0.25) is 0 Å². The van der Waals surface area contributed by atoms with Crippen molar-refractivity contribution in [3.8, 4) is 16.9 Å². The number of benzene rings is 1. The Morgan fingerprint density at radius 1 is 1.12 bits per heavy atom. The molecule has 10 nitrogen and oxygen atoms in total. The summed E-state index contributed by atoms with van der Waals surface area (Å²) in [5.41, 5.74) is 7.29. The first-order chi connectivity index (χ1) is 20.4. The molecule has 0 bridgehead atoms. The number of piperazine rings is 1. The number of rotatable bonds is 6. The first-order valence-electron chi connectivity index (χ1n) is 14.1. The second kappa shape index (κ2) is 11.4.